The SMILES string of the molecule is CCCCCCC(CCCCCC)n1c(=O)c2ccc3c4ccc5c(=O)n(C(CCCCCC)CCCCCC)c(=O)c6cc7c8c(=O)n(-c9ccc(-c%10cccc%11nsnc%10%11)cc9)c(=O)c8c8cc(c1=O)c2c3c8c7c4c56. The molecule has 0 N–H and O–H groups in total. The average Bonchev–Trinajstić information content (AvgIpc) is 4.20. The van der Waals surface area contributed by atoms with Gasteiger partial charge in [-0.2, -0.15) is 8.75 Å². The minimum absolute atomic E-state index is 0.151. The van der Waals surface area contributed by atoms with Crippen molar-refractivity contribution in [2.75, 3.05) is 0 Å². The zero-order chi connectivity index (χ0) is 53.9. The Bertz CT molecular complexity index is 4300. The fraction of sp³-hybridized carbons (Fsp3) is 0.394. The molecule has 78 heavy (non-hydrogen) atoms. The number of fused-ring (bicyclic) bond motifs is 5. The maximum Gasteiger partial charge on any atom is 0.266 e. The molecule has 0 atom stereocenters. The van der Waals surface area contributed by atoms with Crippen LogP contribution in [0.15, 0.2) is 108 Å². The smallest absolute Gasteiger partial charge is 0.266 e. The predicted molar refractivity (Wildman–Crippen MR) is 325 cm³/mol. The zero-order valence-corrected chi connectivity index (χ0v) is 46.2. The first-order valence-electron chi connectivity index (χ1n) is 29.1. The van der Waals surface area contributed by atoms with Crippen LogP contribution in [0.2, 0.25) is 0 Å². The van der Waals surface area contributed by atoms with Gasteiger partial charge >= 0.3 is 0 Å². The van der Waals surface area contributed by atoms with Crippen molar-refractivity contribution in [3.05, 3.63) is 141 Å². The number of benzene rings is 8. The lowest BCUT2D eigenvalue weighted by atomic mass is 9.81. The first-order chi connectivity index (χ1) is 38.1. The third-order valence-electron chi connectivity index (χ3n) is 17.5. The van der Waals surface area contributed by atoms with Gasteiger partial charge in [0.25, 0.3) is 33.4 Å². The summed E-state index contributed by atoms with van der Waals surface area (Å²) in [4.78, 5) is 92.9. The van der Waals surface area contributed by atoms with Gasteiger partial charge in [0.15, 0.2) is 0 Å². The molecule has 0 bridgehead atoms. The van der Waals surface area contributed by atoms with Gasteiger partial charge in [0.1, 0.15) is 11.0 Å². The van der Waals surface area contributed by atoms with Crippen LogP contribution in [0.5, 0.6) is 0 Å². The van der Waals surface area contributed by atoms with E-state index in [4.69, 9.17) is 0 Å². The summed E-state index contributed by atoms with van der Waals surface area (Å²) in [5.74, 6) is 0. The van der Waals surface area contributed by atoms with Crippen molar-refractivity contribution >= 4 is 109 Å². The summed E-state index contributed by atoms with van der Waals surface area (Å²) < 4.78 is 13.2. The van der Waals surface area contributed by atoms with Crippen molar-refractivity contribution in [2.45, 2.75) is 168 Å². The Labute approximate surface area is 455 Å². The molecule has 4 heterocycles. The van der Waals surface area contributed by atoms with E-state index in [1.165, 1.54) is 13.7 Å². The first-order valence-corrected chi connectivity index (χ1v) is 29.9. The molecule has 0 aliphatic rings. The highest BCUT2D eigenvalue weighted by Gasteiger charge is 2.32. The minimum Gasteiger partial charge on any atom is -0.271 e. The van der Waals surface area contributed by atoms with Gasteiger partial charge in [-0.15, -0.1) is 0 Å². The van der Waals surface area contributed by atoms with E-state index in [-0.39, 0.29) is 34.0 Å². The molecule has 8 aromatic carbocycles. The van der Waals surface area contributed by atoms with E-state index in [2.05, 4.69) is 36.4 Å². The molecule has 0 radical (unpaired) electrons. The second-order valence-electron chi connectivity index (χ2n) is 22.4. The lowest BCUT2D eigenvalue weighted by Gasteiger charge is -2.24. The molecule has 12 rings (SSSR count). The number of aromatic nitrogens is 5. The molecule has 11 nitrogen and oxygen atoms in total. The van der Waals surface area contributed by atoms with Gasteiger partial charge in [0.05, 0.1) is 28.2 Å². The van der Waals surface area contributed by atoms with E-state index in [1.54, 1.807) is 24.3 Å². The van der Waals surface area contributed by atoms with Gasteiger partial charge in [-0.05, 0) is 117 Å². The minimum atomic E-state index is -0.545. The predicted octanol–water partition coefficient (Wildman–Crippen LogP) is 15.3. The number of hydrogen-bond acceptors (Lipinski definition) is 9. The van der Waals surface area contributed by atoms with Gasteiger partial charge in [-0.1, -0.05) is 167 Å². The Balaban J connectivity index is 1.18. The normalized spacial score (nSPS) is 12.6. The number of rotatable bonds is 24. The lowest BCUT2D eigenvalue weighted by molar-refractivity contribution is 0.384. The van der Waals surface area contributed by atoms with E-state index in [9.17, 15) is 0 Å². The van der Waals surface area contributed by atoms with Crippen molar-refractivity contribution in [3.8, 4) is 16.8 Å². The maximum atomic E-state index is 15.7. The van der Waals surface area contributed by atoms with Crippen LogP contribution >= 0.6 is 11.7 Å². The van der Waals surface area contributed by atoms with Crippen LogP contribution in [0.3, 0.4) is 0 Å². The van der Waals surface area contributed by atoms with E-state index in [1.807, 2.05) is 54.6 Å². The van der Waals surface area contributed by atoms with E-state index >= 15 is 28.8 Å². The molecule has 0 saturated heterocycles. The van der Waals surface area contributed by atoms with Crippen LogP contribution in [0.4, 0.5) is 0 Å². The molecule has 0 amide bonds. The molecule has 0 unspecified atom stereocenters. The van der Waals surface area contributed by atoms with Gasteiger partial charge in [0, 0.05) is 50.0 Å². The largest absolute Gasteiger partial charge is 0.271 e. The van der Waals surface area contributed by atoms with Crippen LogP contribution in [0.1, 0.15) is 168 Å². The quantitative estimate of drug-likeness (QED) is 0.0331. The van der Waals surface area contributed by atoms with Gasteiger partial charge < -0.3 is 0 Å². The molecule has 12 aromatic rings. The van der Waals surface area contributed by atoms with Crippen molar-refractivity contribution in [3.63, 3.8) is 0 Å². The number of pyridine rings is 2. The second-order valence-corrected chi connectivity index (χ2v) is 22.9. The second kappa shape index (κ2) is 21.2. The van der Waals surface area contributed by atoms with Crippen molar-refractivity contribution in [1.82, 2.24) is 22.4 Å². The van der Waals surface area contributed by atoms with Crippen LogP contribution in [0.25, 0.3) is 114 Å². The molecule has 0 aliphatic heterocycles. The molecule has 4 aromatic heterocycles. The van der Waals surface area contributed by atoms with E-state index in [0.717, 1.165) is 147 Å². The van der Waals surface area contributed by atoms with Crippen molar-refractivity contribution < 1.29 is 0 Å². The van der Waals surface area contributed by atoms with E-state index < -0.39 is 22.2 Å². The van der Waals surface area contributed by atoms with Crippen LogP contribution in [0, 0.1) is 0 Å². The standard InChI is InChI=1S/C66H67N5O6S/c1-5-9-13-17-22-39(23-18-14-10-6-2)69-61(72)45-34-32-43-44-33-35-46-53-50(64(75)70(62(46)73)40(24-19-15-11-7-3)25-20-16-12-8-4)37-48-57(55(44)53)56-47(36-49(63(69)74)52(45)54(43)56)58-59(48)66(77)71(65(58)76)41-30-28-38(29-31-41)42-26-21-27-51-60(42)68-78-67-51/h21,26-37,39-40H,5-20,22-25H2,1-4H3. The summed E-state index contributed by atoms with van der Waals surface area (Å²) in [6, 6.07) is 23.6. The molecule has 398 valence electrons. The summed E-state index contributed by atoms with van der Waals surface area (Å²) in [6.07, 6.45) is 19.0. The van der Waals surface area contributed by atoms with Gasteiger partial charge in [-0.25, -0.2) is 4.57 Å². The molecular weight excluding hydrogens is 991 g/mol. The number of hydrogen-bond donors (Lipinski definition) is 0. The van der Waals surface area contributed by atoms with Crippen LogP contribution < -0.4 is 33.4 Å². The highest BCUT2D eigenvalue weighted by atomic mass is 32.1. The van der Waals surface area contributed by atoms with Crippen molar-refractivity contribution in [1.29, 1.82) is 0 Å². The monoisotopic (exact) mass is 1060 g/mol. The summed E-state index contributed by atoms with van der Waals surface area (Å²) >= 11 is 1.14. The summed E-state index contributed by atoms with van der Waals surface area (Å²) in [7, 11) is 0. The third kappa shape index (κ3) is 8.17. The highest BCUT2D eigenvalue weighted by Crippen LogP contribution is 2.50. The summed E-state index contributed by atoms with van der Waals surface area (Å²) in [5, 5.41) is 7.83. The summed E-state index contributed by atoms with van der Waals surface area (Å²) in [6.45, 7) is 8.69. The zero-order valence-electron chi connectivity index (χ0n) is 45.4. The molecule has 0 aliphatic carbocycles. The Morgan fingerprint density at radius 3 is 1.23 bits per heavy atom. The third-order valence-corrected chi connectivity index (χ3v) is 18.1. The Hall–Kier alpha value is -7.18. The lowest BCUT2D eigenvalue weighted by Crippen LogP contribution is -2.37. The van der Waals surface area contributed by atoms with Crippen LogP contribution in [-0.2, 0) is 0 Å². The van der Waals surface area contributed by atoms with Crippen LogP contribution in [-0.4, -0.2) is 22.4 Å². The Morgan fingerprint density at radius 1 is 0.385 bits per heavy atom. The molecule has 0 spiro atoms. The number of unbranched alkanes of at least 4 members (excludes halogenated alkanes) is 12. The fourth-order valence-electron chi connectivity index (χ4n) is 13.7. The van der Waals surface area contributed by atoms with Crippen molar-refractivity contribution in [2.24, 2.45) is 0 Å². The Kier molecular flexibility index (Phi) is 14.0. The van der Waals surface area contributed by atoms with Gasteiger partial charge in [-0.3, -0.25) is 37.9 Å². The average molecular weight is 1060 g/mol. The molecular formula is C66H67N5O6S. The Morgan fingerprint density at radius 2 is 0.795 bits per heavy atom. The molecule has 0 saturated carbocycles. The number of nitrogens with zero attached hydrogens (tertiary/aromatic N) is 5. The van der Waals surface area contributed by atoms with Gasteiger partial charge in [0.2, 0.25) is 0 Å². The topological polar surface area (TPSA) is 143 Å². The highest BCUT2D eigenvalue weighted by molar-refractivity contribution is 7.00. The maximum absolute atomic E-state index is 15.7. The summed E-state index contributed by atoms with van der Waals surface area (Å²) in [5.41, 5.74) is 1.12. The first kappa shape index (κ1) is 51.6. The molecule has 0 fully saturated rings. The van der Waals surface area contributed by atoms with E-state index in [0.29, 0.717) is 96.0 Å². The molecule has 12 heteroatoms. The fourth-order valence-corrected chi connectivity index (χ4v) is 14.2.